The first-order chi connectivity index (χ1) is 12.9. The van der Waals surface area contributed by atoms with E-state index >= 15 is 0 Å². The molecule has 0 saturated heterocycles. The van der Waals surface area contributed by atoms with Gasteiger partial charge in [-0.2, -0.15) is 0 Å². The molecule has 1 amide bonds. The maximum atomic E-state index is 11.8. The van der Waals surface area contributed by atoms with Crippen LogP contribution >= 0.6 is 7.82 Å². The maximum Gasteiger partial charge on any atom is 1.00 e. The molecule has 0 spiro atoms. The van der Waals surface area contributed by atoms with Crippen molar-refractivity contribution in [2.45, 2.75) is 53.4 Å². The van der Waals surface area contributed by atoms with Crippen molar-refractivity contribution in [2.75, 3.05) is 13.2 Å². The van der Waals surface area contributed by atoms with E-state index in [0.29, 0.717) is 0 Å². The Morgan fingerprint density at radius 2 is 1.42 bits per heavy atom. The average Bonchev–Trinajstić information content (AvgIpc) is 2.53. The van der Waals surface area contributed by atoms with Gasteiger partial charge in [0.1, 0.15) is 5.92 Å². The molecular formula is C19H29NNa3O7P. The van der Waals surface area contributed by atoms with Crippen molar-refractivity contribution in [1.82, 2.24) is 5.32 Å². The molecule has 0 heterocycles. The Bertz CT molecular complexity index is 671. The molecule has 8 nitrogen and oxygen atoms in total. The van der Waals surface area contributed by atoms with E-state index in [2.05, 4.69) is 42.8 Å². The van der Waals surface area contributed by atoms with Gasteiger partial charge in [0.15, 0.2) is 0 Å². The number of carboxylic acid groups (broad SMARTS) is 1. The Morgan fingerprint density at radius 3 is 1.87 bits per heavy atom. The van der Waals surface area contributed by atoms with E-state index in [4.69, 9.17) is 0 Å². The van der Waals surface area contributed by atoms with E-state index < -0.39 is 32.2 Å². The van der Waals surface area contributed by atoms with Crippen LogP contribution in [0, 0.1) is 5.92 Å². The van der Waals surface area contributed by atoms with Crippen LogP contribution in [0.4, 0.5) is 0 Å². The molecule has 31 heavy (non-hydrogen) atoms. The van der Waals surface area contributed by atoms with Gasteiger partial charge in [0.25, 0.3) is 0 Å². The number of aliphatic carboxylic acids is 1. The van der Waals surface area contributed by atoms with Gasteiger partial charge in [-0.15, -0.1) is 0 Å². The van der Waals surface area contributed by atoms with E-state index in [1.165, 1.54) is 11.1 Å². The fourth-order valence-corrected chi connectivity index (χ4v) is 2.54. The van der Waals surface area contributed by atoms with Crippen LogP contribution in [0.2, 0.25) is 0 Å². The summed E-state index contributed by atoms with van der Waals surface area (Å²) in [5.41, 5.74) is 3.62. The van der Waals surface area contributed by atoms with Crippen molar-refractivity contribution in [3.8, 4) is 0 Å². The van der Waals surface area contributed by atoms with Crippen LogP contribution in [0.25, 0.3) is 0 Å². The topological polar surface area (TPSA) is 142 Å². The normalized spacial score (nSPS) is 12.5. The molecule has 0 fully saturated rings. The Hall–Kier alpha value is 1.27. The summed E-state index contributed by atoms with van der Waals surface area (Å²) >= 11 is 0. The number of allylic oxidation sites excluding steroid dienone is 5. The van der Waals surface area contributed by atoms with E-state index in [1.54, 1.807) is 6.08 Å². The van der Waals surface area contributed by atoms with Gasteiger partial charge in [0, 0.05) is 6.54 Å². The summed E-state index contributed by atoms with van der Waals surface area (Å²) < 4.78 is 14.3. The van der Waals surface area contributed by atoms with Crippen LogP contribution in [-0.2, 0) is 18.7 Å². The van der Waals surface area contributed by atoms with Gasteiger partial charge >= 0.3 is 88.7 Å². The number of carbonyl (C=O) groups is 2. The maximum absolute atomic E-state index is 11.8. The number of nitrogens with one attached hydrogen (secondary N) is 1. The predicted octanol–water partition coefficient (Wildman–Crippen LogP) is -8.25. The Kier molecular flexibility index (Phi) is 27.7. The van der Waals surface area contributed by atoms with Gasteiger partial charge in [-0.3, -0.25) is 4.79 Å². The molecule has 1 unspecified atom stereocenters. The van der Waals surface area contributed by atoms with Crippen LogP contribution in [0.1, 0.15) is 53.4 Å². The number of rotatable bonds is 13. The molecule has 12 heteroatoms. The average molecular weight is 483 g/mol. The van der Waals surface area contributed by atoms with Gasteiger partial charge in [-0.25, -0.2) is 0 Å². The number of carbonyl (C=O) groups excluding carboxylic acids is 2. The number of amides is 1. The number of hydrogen-bond acceptors (Lipinski definition) is 7. The number of hydrogen-bond donors (Lipinski definition) is 1. The summed E-state index contributed by atoms with van der Waals surface area (Å²) in [6.07, 6.45) is 9.78. The SMILES string of the molecule is CC(C)=CCC/C(C)=C/CC/C(C)=C/CNC(=O)C(COP(=O)([O-])[O-])C(=O)[O-].[Na+].[Na+].[Na+]. The predicted molar refractivity (Wildman–Crippen MR) is 100 cm³/mol. The van der Waals surface area contributed by atoms with Gasteiger partial charge in [0.05, 0.1) is 20.4 Å². The Balaban J connectivity index is -0.00000121. The van der Waals surface area contributed by atoms with E-state index in [1.807, 2.05) is 6.92 Å². The van der Waals surface area contributed by atoms with Gasteiger partial charge in [0.2, 0.25) is 5.91 Å². The minimum Gasteiger partial charge on any atom is -0.790 e. The standard InChI is InChI=1S/C19H32NO7P.3Na/c1-14(2)7-5-8-15(3)9-6-10-16(4)11-12-20-18(21)17(19(22)23)13-27-28(24,25)26;;;/h7,9,11,17H,5-6,8,10,12-13H2,1-4H3,(H,20,21)(H,22,23)(H2,24,25,26);;;/q;3*+1/p-3/b15-9+,16-11+;;;. The second-order valence-corrected chi connectivity index (χ2v) is 7.97. The molecule has 0 rings (SSSR count). The van der Waals surface area contributed by atoms with Gasteiger partial charge in [-0.1, -0.05) is 34.9 Å². The Morgan fingerprint density at radius 1 is 0.935 bits per heavy atom. The van der Waals surface area contributed by atoms with E-state index in [9.17, 15) is 29.0 Å². The molecule has 0 aromatic rings. The molecule has 0 radical (unpaired) electrons. The summed E-state index contributed by atoms with van der Waals surface area (Å²) in [5.74, 6) is -4.68. The third kappa shape index (κ3) is 24.2. The zero-order valence-corrected chi connectivity index (χ0v) is 26.8. The minimum atomic E-state index is -5.37. The smallest absolute Gasteiger partial charge is 0.790 e. The van der Waals surface area contributed by atoms with Crippen LogP contribution in [0.5, 0.6) is 0 Å². The molecule has 1 atom stereocenters. The zero-order chi connectivity index (χ0) is 21.7. The Labute approximate surface area is 251 Å². The van der Waals surface area contributed by atoms with Crippen LogP contribution < -0.4 is 109 Å². The van der Waals surface area contributed by atoms with Gasteiger partial charge < -0.3 is 34.1 Å². The molecule has 0 aliphatic heterocycles. The van der Waals surface area contributed by atoms with Crippen LogP contribution in [0.3, 0.4) is 0 Å². The van der Waals surface area contributed by atoms with Crippen molar-refractivity contribution >= 4 is 19.7 Å². The first-order valence-corrected chi connectivity index (χ1v) is 10.5. The van der Waals surface area contributed by atoms with Crippen molar-refractivity contribution in [3.63, 3.8) is 0 Å². The minimum absolute atomic E-state index is 0. The first-order valence-electron chi connectivity index (χ1n) is 9.02. The summed E-state index contributed by atoms with van der Waals surface area (Å²) in [4.78, 5) is 43.5. The van der Waals surface area contributed by atoms with Crippen LogP contribution in [-0.4, -0.2) is 25.0 Å². The quantitative estimate of drug-likeness (QED) is 0.119. The number of phosphoric ester groups is 1. The second-order valence-electron chi connectivity index (χ2n) is 6.82. The van der Waals surface area contributed by atoms with Crippen molar-refractivity contribution in [1.29, 1.82) is 0 Å². The summed E-state index contributed by atoms with van der Waals surface area (Å²) in [6, 6.07) is 0. The fraction of sp³-hybridized carbons (Fsp3) is 0.579. The summed E-state index contributed by atoms with van der Waals surface area (Å²) in [7, 11) is -5.37. The van der Waals surface area contributed by atoms with Gasteiger partial charge in [-0.05, 0) is 53.4 Å². The number of phosphoric acid groups is 1. The molecule has 0 aromatic heterocycles. The molecule has 0 aliphatic carbocycles. The largest absolute Gasteiger partial charge is 1.00 e. The zero-order valence-electron chi connectivity index (χ0n) is 19.9. The number of carboxylic acids is 1. The third-order valence-electron chi connectivity index (χ3n) is 3.85. The van der Waals surface area contributed by atoms with Crippen molar-refractivity contribution in [2.24, 2.45) is 5.92 Å². The third-order valence-corrected chi connectivity index (χ3v) is 4.32. The van der Waals surface area contributed by atoms with Crippen molar-refractivity contribution in [3.05, 3.63) is 34.9 Å². The fourth-order valence-electron chi connectivity index (χ4n) is 2.20. The molecule has 1 N–H and O–H groups in total. The molecule has 0 saturated carbocycles. The first kappa shape index (κ1) is 39.5. The van der Waals surface area contributed by atoms with Crippen molar-refractivity contribution < 1.29 is 122 Å². The van der Waals surface area contributed by atoms with E-state index in [-0.39, 0.29) is 95.2 Å². The van der Waals surface area contributed by atoms with Crippen LogP contribution in [0.15, 0.2) is 34.9 Å². The second kappa shape index (κ2) is 21.8. The van der Waals surface area contributed by atoms with E-state index in [0.717, 1.165) is 31.3 Å². The molecule has 0 bridgehead atoms. The monoisotopic (exact) mass is 483 g/mol. The molecule has 160 valence electrons. The summed E-state index contributed by atoms with van der Waals surface area (Å²) in [6.45, 7) is 7.11. The molecular weight excluding hydrogens is 454 g/mol. The molecule has 0 aliphatic rings. The summed E-state index contributed by atoms with van der Waals surface area (Å²) in [5, 5.41) is 13.2. The molecule has 0 aromatic carbocycles.